The maximum Gasteiger partial charge on any atom is 0.170 e. The molecule has 5 heterocycles. The summed E-state index contributed by atoms with van der Waals surface area (Å²) >= 11 is 5.88. The maximum absolute atomic E-state index is 5.88. The summed E-state index contributed by atoms with van der Waals surface area (Å²) in [5.74, 6) is 0.936. The summed E-state index contributed by atoms with van der Waals surface area (Å²) in [5.41, 5.74) is 4.62. The van der Waals surface area contributed by atoms with Crippen LogP contribution in [-0.2, 0) is 4.74 Å². The van der Waals surface area contributed by atoms with E-state index in [1.165, 1.54) is 11.3 Å². The molecule has 2 aliphatic rings. The second kappa shape index (κ2) is 10.2. The minimum absolute atomic E-state index is 0.00484. The third kappa shape index (κ3) is 4.58. The Morgan fingerprint density at radius 3 is 2.50 bits per heavy atom. The quantitative estimate of drug-likeness (QED) is 0.523. The molecular weight excluding hydrogens is 444 g/mol. The normalized spacial score (nSPS) is 21.1. The number of rotatable bonds is 7. The van der Waals surface area contributed by atoms with Crippen molar-refractivity contribution >= 4 is 17.3 Å². The van der Waals surface area contributed by atoms with E-state index in [1.807, 2.05) is 36.7 Å². The molecule has 2 saturated heterocycles. The molecule has 5 rings (SSSR count). The van der Waals surface area contributed by atoms with Crippen molar-refractivity contribution in [2.45, 2.75) is 32.4 Å². The first-order valence-corrected chi connectivity index (χ1v) is 12.4. The van der Waals surface area contributed by atoms with Crippen LogP contribution in [0.4, 0.5) is 0 Å². The van der Waals surface area contributed by atoms with Gasteiger partial charge in [-0.3, -0.25) is 9.88 Å². The molecule has 0 aromatic carbocycles. The summed E-state index contributed by atoms with van der Waals surface area (Å²) in [5, 5.41) is 4.39. The average molecular weight is 477 g/mol. The van der Waals surface area contributed by atoms with Crippen LogP contribution in [0.25, 0.3) is 5.82 Å². The van der Waals surface area contributed by atoms with E-state index in [-0.39, 0.29) is 12.1 Å². The molecule has 2 aliphatic heterocycles. The second-order valence-electron chi connectivity index (χ2n) is 8.98. The maximum atomic E-state index is 5.88. The van der Waals surface area contributed by atoms with Crippen molar-refractivity contribution in [2.24, 2.45) is 0 Å². The predicted octanol–water partition coefficient (Wildman–Crippen LogP) is 3.58. The van der Waals surface area contributed by atoms with Crippen LogP contribution in [0, 0.1) is 13.8 Å². The van der Waals surface area contributed by atoms with Crippen LogP contribution in [-0.4, -0.2) is 68.8 Å². The number of aromatic nitrogens is 3. The summed E-state index contributed by atoms with van der Waals surface area (Å²) in [6, 6.07) is 14.5. The molecule has 34 heavy (non-hydrogen) atoms. The fraction of sp³-hybridized carbons (Fsp3) is 0.423. The summed E-state index contributed by atoms with van der Waals surface area (Å²) in [4.78, 5) is 14.1. The van der Waals surface area contributed by atoms with E-state index >= 15 is 0 Å². The highest BCUT2D eigenvalue weighted by Gasteiger charge is 2.41. The Hall–Kier alpha value is -2.81. The lowest BCUT2D eigenvalue weighted by molar-refractivity contribution is 0.0365. The summed E-state index contributed by atoms with van der Waals surface area (Å²) < 4.78 is 7.73. The van der Waals surface area contributed by atoms with Gasteiger partial charge in [0.1, 0.15) is 5.82 Å². The summed E-state index contributed by atoms with van der Waals surface area (Å²) in [6.07, 6.45) is 4.75. The minimum Gasteiger partial charge on any atom is -0.379 e. The van der Waals surface area contributed by atoms with Crippen molar-refractivity contribution in [1.82, 2.24) is 29.7 Å². The van der Waals surface area contributed by atoms with Crippen LogP contribution in [0.2, 0.25) is 0 Å². The first-order valence-electron chi connectivity index (χ1n) is 12.0. The highest BCUT2D eigenvalue weighted by atomic mass is 32.1. The predicted molar refractivity (Wildman–Crippen MR) is 137 cm³/mol. The number of thiocarbonyl (C=S) groups is 1. The molecule has 3 aromatic rings. The summed E-state index contributed by atoms with van der Waals surface area (Å²) in [6.45, 7) is 9.94. The Bertz CT molecular complexity index is 1110. The third-order valence-corrected chi connectivity index (χ3v) is 7.19. The van der Waals surface area contributed by atoms with E-state index in [2.05, 4.69) is 61.7 Å². The van der Waals surface area contributed by atoms with Gasteiger partial charge in [0.2, 0.25) is 0 Å². The van der Waals surface area contributed by atoms with E-state index in [0.717, 1.165) is 68.1 Å². The molecule has 0 unspecified atom stereocenters. The molecule has 178 valence electrons. The monoisotopic (exact) mass is 476 g/mol. The van der Waals surface area contributed by atoms with E-state index in [1.54, 1.807) is 0 Å². The van der Waals surface area contributed by atoms with Crippen LogP contribution in [0.1, 0.15) is 41.1 Å². The van der Waals surface area contributed by atoms with Gasteiger partial charge in [0.15, 0.2) is 5.11 Å². The fourth-order valence-electron chi connectivity index (χ4n) is 5.20. The number of hydrogen-bond acceptors (Lipinski definition) is 5. The minimum atomic E-state index is -0.00484. The Morgan fingerprint density at radius 1 is 1.03 bits per heavy atom. The first-order chi connectivity index (χ1) is 16.6. The van der Waals surface area contributed by atoms with Gasteiger partial charge in [-0.05, 0) is 68.4 Å². The van der Waals surface area contributed by atoms with Gasteiger partial charge in [0.25, 0.3) is 0 Å². The lowest BCUT2D eigenvalue weighted by Crippen LogP contribution is -2.39. The van der Waals surface area contributed by atoms with Gasteiger partial charge in [0.05, 0.1) is 31.0 Å². The Labute approximate surface area is 206 Å². The molecule has 2 fully saturated rings. The number of hydrogen-bond donors (Lipinski definition) is 1. The van der Waals surface area contributed by atoms with Crippen LogP contribution >= 0.6 is 12.2 Å². The molecule has 0 saturated carbocycles. The summed E-state index contributed by atoms with van der Waals surface area (Å²) in [7, 11) is 0. The van der Waals surface area contributed by atoms with Crippen molar-refractivity contribution in [3.63, 3.8) is 0 Å². The van der Waals surface area contributed by atoms with Crippen LogP contribution in [0.5, 0.6) is 0 Å². The van der Waals surface area contributed by atoms with E-state index in [9.17, 15) is 0 Å². The third-order valence-electron chi connectivity index (χ3n) is 6.84. The molecule has 7 nitrogen and oxygen atoms in total. The van der Waals surface area contributed by atoms with Gasteiger partial charge in [-0.2, -0.15) is 0 Å². The van der Waals surface area contributed by atoms with Crippen molar-refractivity contribution in [3.05, 3.63) is 77.5 Å². The van der Waals surface area contributed by atoms with Gasteiger partial charge in [-0.1, -0.05) is 12.1 Å². The van der Waals surface area contributed by atoms with E-state index in [4.69, 9.17) is 17.0 Å². The zero-order valence-electron chi connectivity index (χ0n) is 19.9. The Morgan fingerprint density at radius 2 is 1.79 bits per heavy atom. The SMILES string of the molecule is Cc1cc([C@@H]2[C@H](c3ccccn3)NC(=S)N2CCCN2CCOCC2)c(C)n1-c1ccccn1. The molecule has 0 amide bonds. The standard InChI is InChI=1S/C26H32N6OS/c1-19-18-21(20(2)32(19)23-9-4-6-11-28-23)25-24(22-8-3-5-10-27-22)29-26(34)31(25)13-7-12-30-14-16-33-17-15-30/h3-6,8-11,18,24-25H,7,12-17H2,1-2H3,(H,29,34)/t24-,25+/m0/s1. The van der Waals surface area contributed by atoms with Crippen molar-refractivity contribution < 1.29 is 4.74 Å². The molecule has 2 atom stereocenters. The van der Waals surface area contributed by atoms with Gasteiger partial charge in [-0.15, -0.1) is 0 Å². The van der Waals surface area contributed by atoms with Crippen LogP contribution < -0.4 is 5.32 Å². The zero-order valence-corrected chi connectivity index (χ0v) is 20.7. The first kappa shape index (κ1) is 23.0. The number of nitrogens with one attached hydrogen (secondary N) is 1. The number of nitrogens with zero attached hydrogens (tertiary/aromatic N) is 5. The zero-order chi connectivity index (χ0) is 23.5. The van der Waals surface area contributed by atoms with Gasteiger partial charge < -0.3 is 19.5 Å². The van der Waals surface area contributed by atoms with E-state index in [0.29, 0.717) is 0 Å². The Balaban J connectivity index is 1.46. The fourth-order valence-corrected chi connectivity index (χ4v) is 5.53. The van der Waals surface area contributed by atoms with Crippen LogP contribution in [0.15, 0.2) is 54.9 Å². The van der Waals surface area contributed by atoms with Gasteiger partial charge >= 0.3 is 0 Å². The largest absolute Gasteiger partial charge is 0.379 e. The number of pyridine rings is 2. The molecule has 0 aliphatic carbocycles. The Kier molecular flexibility index (Phi) is 6.89. The van der Waals surface area contributed by atoms with Gasteiger partial charge in [0, 0.05) is 50.0 Å². The van der Waals surface area contributed by atoms with Crippen LogP contribution in [0.3, 0.4) is 0 Å². The van der Waals surface area contributed by atoms with Crippen molar-refractivity contribution in [1.29, 1.82) is 0 Å². The average Bonchev–Trinajstić information content (AvgIpc) is 3.35. The van der Waals surface area contributed by atoms with E-state index < -0.39 is 0 Å². The number of ether oxygens (including phenoxy) is 1. The molecule has 0 radical (unpaired) electrons. The number of morpholine rings is 1. The highest BCUT2D eigenvalue weighted by molar-refractivity contribution is 7.80. The second-order valence-corrected chi connectivity index (χ2v) is 9.36. The van der Waals surface area contributed by atoms with Crippen molar-refractivity contribution in [2.75, 3.05) is 39.4 Å². The number of aryl methyl sites for hydroxylation is 1. The molecule has 0 spiro atoms. The topological polar surface area (TPSA) is 58.5 Å². The smallest absolute Gasteiger partial charge is 0.170 e. The lowest BCUT2D eigenvalue weighted by Gasteiger charge is -2.30. The van der Waals surface area contributed by atoms with Gasteiger partial charge in [-0.25, -0.2) is 4.98 Å². The highest BCUT2D eigenvalue weighted by Crippen LogP contribution is 2.41. The molecule has 8 heteroatoms. The lowest BCUT2D eigenvalue weighted by atomic mass is 9.96. The molecule has 3 aromatic heterocycles. The van der Waals surface area contributed by atoms with Crippen molar-refractivity contribution in [3.8, 4) is 5.82 Å². The molecule has 1 N–H and O–H groups in total. The molecular formula is C26H32N6OS. The molecule has 0 bridgehead atoms.